The van der Waals surface area contributed by atoms with Crippen LogP contribution in [0.25, 0.3) is 10.8 Å². The van der Waals surface area contributed by atoms with Gasteiger partial charge in [0.2, 0.25) is 11.8 Å². The normalized spacial score (nSPS) is 11.9. The highest BCUT2D eigenvalue weighted by molar-refractivity contribution is 7.90. The summed E-state index contributed by atoms with van der Waals surface area (Å²) in [4.78, 5) is 0.262. The van der Waals surface area contributed by atoms with Crippen molar-refractivity contribution in [3.8, 4) is 0 Å². The molecule has 0 amide bonds. The highest BCUT2D eigenvalue weighted by Gasteiger charge is 2.19. The predicted molar refractivity (Wildman–Crippen MR) is 78.5 cm³/mol. The van der Waals surface area contributed by atoms with Gasteiger partial charge in [0.25, 0.3) is 0 Å². The highest BCUT2D eigenvalue weighted by atomic mass is 32.2. The van der Waals surface area contributed by atoms with Crippen molar-refractivity contribution >= 4 is 20.6 Å². The first-order chi connectivity index (χ1) is 10.1. The summed E-state index contributed by atoms with van der Waals surface area (Å²) >= 11 is 0. The van der Waals surface area contributed by atoms with Gasteiger partial charge in [-0.3, -0.25) is 0 Å². The maximum Gasteiger partial charge on any atom is 0.231 e. The van der Waals surface area contributed by atoms with Crippen LogP contribution in [0.15, 0.2) is 51.8 Å². The molecule has 6 heteroatoms. The number of aryl methyl sites for hydroxylation is 1. The Balaban J connectivity index is 1.95. The van der Waals surface area contributed by atoms with E-state index < -0.39 is 9.84 Å². The summed E-state index contributed by atoms with van der Waals surface area (Å²) in [5.41, 5.74) is 0. The monoisotopic (exact) mass is 302 g/mol. The molecule has 3 rings (SSSR count). The molecular formula is C15H14N2O3S. The molecule has 0 bridgehead atoms. The summed E-state index contributed by atoms with van der Waals surface area (Å²) < 4.78 is 30.1. The molecular weight excluding hydrogens is 288 g/mol. The molecule has 5 nitrogen and oxygen atoms in total. The second-order valence-electron chi connectivity index (χ2n) is 4.71. The van der Waals surface area contributed by atoms with Crippen molar-refractivity contribution in [2.75, 3.05) is 0 Å². The molecule has 0 N–H and O–H groups in total. The fourth-order valence-corrected chi connectivity index (χ4v) is 3.29. The number of nitrogens with zero attached hydrogens (tertiary/aromatic N) is 2. The molecule has 3 aromatic rings. The molecule has 1 aromatic heterocycles. The van der Waals surface area contributed by atoms with Crippen molar-refractivity contribution in [3.63, 3.8) is 0 Å². The number of fused-ring (bicyclic) bond motifs is 1. The minimum Gasteiger partial charge on any atom is -0.424 e. The van der Waals surface area contributed by atoms with Gasteiger partial charge in [-0.05, 0) is 22.9 Å². The van der Waals surface area contributed by atoms with E-state index in [0.717, 1.165) is 10.8 Å². The number of aromatic nitrogens is 2. The maximum atomic E-state index is 12.4. The van der Waals surface area contributed by atoms with Crippen molar-refractivity contribution in [3.05, 3.63) is 54.2 Å². The first-order valence-electron chi connectivity index (χ1n) is 6.61. The van der Waals surface area contributed by atoms with Gasteiger partial charge < -0.3 is 4.42 Å². The number of rotatable bonds is 4. The van der Waals surface area contributed by atoms with Crippen molar-refractivity contribution in [1.29, 1.82) is 0 Å². The minimum atomic E-state index is -3.50. The Hall–Kier alpha value is -2.21. The second kappa shape index (κ2) is 5.29. The van der Waals surface area contributed by atoms with Crippen LogP contribution in [0.5, 0.6) is 0 Å². The number of sulfone groups is 1. The first-order valence-corrected chi connectivity index (χ1v) is 8.26. The number of hydrogen-bond acceptors (Lipinski definition) is 5. The van der Waals surface area contributed by atoms with Crippen LogP contribution in [0.3, 0.4) is 0 Å². The average Bonchev–Trinajstić information content (AvgIpc) is 2.93. The van der Waals surface area contributed by atoms with E-state index >= 15 is 0 Å². The SMILES string of the molecule is CCc1nnc(CS(=O)(=O)c2ccc3ccccc3c2)o1. The highest BCUT2D eigenvalue weighted by Crippen LogP contribution is 2.21. The molecule has 0 atom stereocenters. The Morgan fingerprint density at radius 2 is 1.71 bits per heavy atom. The zero-order chi connectivity index (χ0) is 14.9. The molecule has 0 radical (unpaired) electrons. The van der Waals surface area contributed by atoms with E-state index in [0.29, 0.717) is 12.3 Å². The van der Waals surface area contributed by atoms with Gasteiger partial charge in [0, 0.05) is 6.42 Å². The third-order valence-electron chi connectivity index (χ3n) is 3.20. The van der Waals surface area contributed by atoms with E-state index in [4.69, 9.17) is 4.42 Å². The Kier molecular flexibility index (Phi) is 3.47. The van der Waals surface area contributed by atoms with E-state index in [9.17, 15) is 8.42 Å². The predicted octanol–water partition coefficient (Wildman–Crippen LogP) is 2.76. The van der Waals surface area contributed by atoms with Crippen molar-refractivity contribution < 1.29 is 12.8 Å². The van der Waals surface area contributed by atoms with Crippen LogP contribution < -0.4 is 0 Å². The lowest BCUT2D eigenvalue weighted by molar-refractivity contribution is 0.465. The molecule has 108 valence electrons. The van der Waals surface area contributed by atoms with Gasteiger partial charge in [0.05, 0.1) is 4.90 Å². The average molecular weight is 302 g/mol. The van der Waals surface area contributed by atoms with Crippen LogP contribution >= 0.6 is 0 Å². The fourth-order valence-electron chi connectivity index (χ4n) is 2.10. The van der Waals surface area contributed by atoms with Crippen molar-refractivity contribution in [1.82, 2.24) is 10.2 Å². The second-order valence-corrected chi connectivity index (χ2v) is 6.70. The van der Waals surface area contributed by atoms with Gasteiger partial charge >= 0.3 is 0 Å². The molecule has 0 saturated heterocycles. The molecule has 21 heavy (non-hydrogen) atoms. The van der Waals surface area contributed by atoms with Gasteiger partial charge in [0.15, 0.2) is 9.84 Å². The summed E-state index contributed by atoms with van der Waals surface area (Å²) in [6.45, 7) is 1.87. The summed E-state index contributed by atoms with van der Waals surface area (Å²) in [7, 11) is -3.50. The molecule has 0 aliphatic carbocycles. The Morgan fingerprint density at radius 3 is 2.43 bits per heavy atom. The van der Waals surface area contributed by atoms with E-state index in [1.807, 2.05) is 31.2 Å². The lowest BCUT2D eigenvalue weighted by Gasteiger charge is -2.04. The largest absolute Gasteiger partial charge is 0.424 e. The molecule has 1 heterocycles. The molecule has 2 aromatic carbocycles. The summed E-state index contributed by atoms with van der Waals surface area (Å²) in [6, 6.07) is 12.7. The van der Waals surface area contributed by atoms with Gasteiger partial charge in [-0.25, -0.2) is 8.42 Å². The molecule has 0 fully saturated rings. The Bertz CT molecular complexity index is 885. The lowest BCUT2D eigenvalue weighted by atomic mass is 10.1. The lowest BCUT2D eigenvalue weighted by Crippen LogP contribution is -2.05. The van der Waals surface area contributed by atoms with E-state index in [1.165, 1.54) is 0 Å². The smallest absolute Gasteiger partial charge is 0.231 e. The molecule has 0 aliphatic heterocycles. The first kappa shape index (κ1) is 13.8. The summed E-state index contributed by atoms with van der Waals surface area (Å²) in [6.07, 6.45) is 0.586. The zero-order valence-corrected chi connectivity index (χ0v) is 12.3. The van der Waals surface area contributed by atoms with Crippen LogP contribution in [0.2, 0.25) is 0 Å². The molecule has 0 saturated carbocycles. The van der Waals surface area contributed by atoms with Crippen LogP contribution in [0.4, 0.5) is 0 Å². The van der Waals surface area contributed by atoms with E-state index in [1.54, 1.807) is 18.2 Å². The third kappa shape index (κ3) is 2.80. The van der Waals surface area contributed by atoms with Gasteiger partial charge in [-0.2, -0.15) is 0 Å². The number of benzene rings is 2. The van der Waals surface area contributed by atoms with E-state index in [2.05, 4.69) is 10.2 Å². The van der Waals surface area contributed by atoms with Crippen molar-refractivity contribution in [2.45, 2.75) is 24.0 Å². The number of hydrogen-bond donors (Lipinski definition) is 0. The topological polar surface area (TPSA) is 73.1 Å². The standard InChI is InChI=1S/C15H14N2O3S/c1-2-14-16-17-15(20-14)10-21(18,19)13-8-7-11-5-3-4-6-12(11)9-13/h3-9H,2,10H2,1H3. The molecule has 0 unspecified atom stereocenters. The molecule has 0 aliphatic rings. The maximum absolute atomic E-state index is 12.4. The van der Waals surface area contributed by atoms with Crippen LogP contribution in [-0.4, -0.2) is 18.6 Å². The van der Waals surface area contributed by atoms with Crippen LogP contribution in [0, 0.1) is 0 Å². The van der Waals surface area contributed by atoms with Gasteiger partial charge in [-0.15, -0.1) is 10.2 Å². The van der Waals surface area contributed by atoms with Crippen molar-refractivity contribution in [2.24, 2.45) is 0 Å². The van der Waals surface area contributed by atoms with E-state index in [-0.39, 0.29) is 16.5 Å². The Morgan fingerprint density at radius 1 is 1.00 bits per heavy atom. The fraction of sp³-hybridized carbons (Fsp3) is 0.200. The Labute approximate surface area is 122 Å². The molecule has 0 spiro atoms. The summed E-state index contributed by atoms with van der Waals surface area (Å²) in [5.74, 6) is 0.289. The van der Waals surface area contributed by atoms with Gasteiger partial charge in [0.1, 0.15) is 5.75 Å². The minimum absolute atomic E-state index is 0.125. The van der Waals surface area contributed by atoms with Crippen LogP contribution in [0.1, 0.15) is 18.7 Å². The summed E-state index contributed by atoms with van der Waals surface area (Å²) in [5, 5.41) is 9.44. The zero-order valence-electron chi connectivity index (χ0n) is 11.5. The van der Waals surface area contributed by atoms with Gasteiger partial charge in [-0.1, -0.05) is 37.3 Å². The van der Waals surface area contributed by atoms with Crippen LogP contribution in [-0.2, 0) is 22.0 Å². The third-order valence-corrected chi connectivity index (χ3v) is 4.80. The quantitative estimate of drug-likeness (QED) is 0.741.